The Morgan fingerprint density at radius 2 is 1.95 bits per heavy atom. The highest BCUT2D eigenvalue weighted by atomic mass is 35.5. The molecule has 0 radical (unpaired) electrons. The van der Waals surface area contributed by atoms with E-state index in [1.165, 1.54) is 25.2 Å². The molecule has 1 aliphatic heterocycles. The number of hydrogen-bond acceptors (Lipinski definition) is 8. The van der Waals surface area contributed by atoms with Gasteiger partial charge in [0.25, 0.3) is 0 Å². The molecule has 2 aromatic carbocycles. The summed E-state index contributed by atoms with van der Waals surface area (Å²) < 4.78 is 16.7. The Morgan fingerprint density at radius 3 is 2.58 bits per heavy atom. The topological polar surface area (TPSA) is 135 Å². The number of halogens is 1. The van der Waals surface area contributed by atoms with Crippen LogP contribution in [0.25, 0.3) is 0 Å². The summed E-state index contributed by atoms with van der Waals surface area (Å²) in [6.07, 6.45) is -0.0152. The van der Waals surface area contributed by atoms with Crippen LogP contribution in [0, 0.1) is 0 Å². The summed E-state index contributed by atoms with van der Waals surface area (Å²) in [6.45, 7) is -0.415. The van der Waals surface area contributed by atoms with Gasteiger partial charge in [0.2, 0.25) is 11.8 Å². The number of nitrogens with zero attached hydrogens (tertiary/aromatic N) is 1. The van der Waals surface area contributed by atoms with Crippen molar-refractivity contribution in [3.05, 3.63) is 69.8 Å². The number of hydrogen-bond donors (Lipinski definition) is 3. The lowest BCUT2D eigenvalue weighted by molar-refractivity contribution is -0.141. The fourth-order valence-electron chi connectivity index (χ4n) is 4.91. The van der Waals surface area contributed by atoms with Gasteiger partial charge in [-0.05, 0) is 35.9 Å². The lowest BCUT2D eigenvalue weighted by atomic mass is 9.77. The number of methoxy groups -OCH3 is 2. The Labute approximate surface area is 224 Å². The molecule has 0 aromatic heterocycles. The van der Waals surface area contributed by atoms with Crippen molar-refractivity contribution in [2.75, 3.05) is 34.0 Å². The van der Waals surface area contributed by atoms with Gasteiger partial charge in [-0.25, -0.2) is 0 Å². The lowest BCUT2D eigenvalue weighted by Crippen LogP contribution is -2.56. The van der Waals surface area contributed by atoms with Crippen LogP contribution in [-0.2, 0) is 20.9 Å². The SMILES string of the molecule is COCC(=O)N(Cc1ccc(Cl)cc1)[C@@H]1C=C(C(=O)NCCO)[C@@H]2c3cc(C=O)cc(OC)c3O[C@@H]2[C@H]1O. The van der Waals surface area contributed by atoms with Gasteiger partial charge >= 0.3 is 0 Å². The van der Waals surface area contributed by atoms with Crippen molar-refractivity contribution in [3.63, 3.8) is 0 Å². The van der Waals surface area contributed by atoms with Crippen molar-refractivity contribution in [1.29, 1.82) is 0 Å². The van der Waals surface area contributed by atoms with Crippen LogP contribution in [0.3, 0.4) is 0 Å². The van der Waals surface area contributed by atoms with Crippen LogP contribution in [0.5, 0.6) is 11.5 Å². The fraction of sp³-hybridized carbons (Fsp3) is 0.370. The normalized spacial score (nSPS) is 21.4. The van der Waals surface area contributed by atoms with Gasteiger partial charge in [-0.1, -0.05) is 23.7 Å². The fourth-order valence-corrected chi connectivity index (χ4v) is 5.04. The number of aliphatic hydroxyl groups is 2. The Bertz CT molecular complexity index is 1230. The van der Waals surface area contributed by atoms with Gasteiger partial charge in [0.05, 0.1) is 25.7 Å². The molecule has 11 heteroatoms. The second-order valence-corrected chi connectivity index (χ2v) is 9.42. The number of carbonyl (C=O) groups excluding carboxylic acids is 3. The van der Waals surface area contributed by atoms with E-state index in [2.05, 4.69) is 5.32 Å². The van der Waals surface area contributed by atoms with Crippen LogP contribution in [0.2, 0.25) is 5.02 Å². The number of aliphatic hydroxyl groups excluding tert-OH is 2. The molecule has 3 N–H and O–H groups in total. The van der Waals surface area contributed by atoms with E-state index in [1.54, 1.807) is 36.4 Å². The molecule has 2 aromatic rings. The van der Waals surface area contributed by atoms with Gasteiger partial charge in [-0.3, -0.25) is 14.4 Å². The van der Waals surface area contributed by atoms with E-state index in [0.29, 0.717) is 28.2 Å². The summed E-state index contributed by atoms with van der Waals surface area (Å²) in [5, 5.41) is 24.0. The Morgan fingerprint density at radius 1 is 1.21 bits per heavy atom. The first-order chi connectivity index (χ1) is 18.3. The third kappa shape index (κ3) is 5.39. The van der Waals surface area contributed by atoms with Crippen molar-refractivity contribution in [3.8, 4) is 11.5 Å². The minimum absolute atomic E-state index is 0.00326. The van der Waals surface area contributed by atoms with E-state index in [0.717, 1.165) is 5.56 Å². The van der Waals surface area contributed by atoms with Gasteiger partial charge in [-0.15, -0.1) is 0 Å². The van der Waals surface area contributed by atoms with Crippen LogP contribution in [0.15, 0.2) is 48.0 Å². The zero-order chi connectivity index (χ0) is 27.4. The van der Waals surface area contributed by atoms with Gasteiger partial charge in [-0.2, -0.15) is 0 Å². The predicted octanol–water partition coefficient (Wildman–Crippen LogP) is 1.46. The molecular weight excluding hydrogens is 516 g/mol. The molecule has 1 heterocycles. The van der Waals surface area contributed by atoms with Crippen molar-refractivity contribution < 1.29 is 38.8 Å². The van der Waals surface area contributed by atoms with Crippen LogP contribution < -0.4 is 14.8 Å². The van der Waals surface area contributed by atoms with Crippen molar-refractivity contribution >= 4 is 29.7 Å². The highest BCUT2D eigenvalue weighted by Crippen LogP contribution is 2.51. The molecular formula is C27H29ClN2O8. The number of amides is 2. The summed E-state index contributed by atoms with van der Waals surface area (Å²) in [5.41, 5.74) is 1.80. The average Bonchev–Trinajstić information content (AvgIpc) is 3.31. The van der Waals surface area contributed by atoms with E-state index >= 15 is 0 Å². The number of fused-ring (bicyclic) bond motifs is 3. The van der Waals surface area contributed by atoms with E-state index in [1.807, 2.05) is 0 Å². The van der Waals surface area contributed by atoms with Crippen LogP contribution in [0.4, 0.5) is 0 Å². The molecule has 0 saturated carbocycles. The summed E-state index contributed by atoms with van der Waals surface area (Å²) in [4.78, 5) is 39.5. The predicted molar refractivity (Wildman–Crippen MR) is 137 cm³/mol. The maximum Gasteiger partial charge on any atom is 0.249 e. The molecule has 0 bridgehead atoms. The monoisotopic (exact) mass is 544 g/mol. The van der Waals surface area contributed by atoms with Gasteiger partial charge in [0.1, 0.15) is 25.1 Å². The van der Waals surface area contributed by atoms with Crippen LogP contribution >= 0.6 is 11.6 Å². The van der Waals surface area contributed by atoms with Gasteiger partial charge < -0.3 is 34.6 Å². The highest BCUT2D eigenvalue weighted by Gasteiger charge is 2.51. The molecule has 38 heavy (non-hydrogen) atoms. The molecule has 0 unspecified atom stereocenters. The second kappa shape index (κ2) is 12.0. The third-order valence-electron chi connectivity index (χ3n) is 6.63. The number of ether oxygens (including phenoxy) is 3. The minimum atomic E-state index is -1.25. The first-order valence-corrected chi connectivity index (χ1v) is 12.4. The van der Waals surface area contributed by atoms with Crippen LogP contribution in [-0.4, -0.2) is 85.4 Å². The minimum Gasteiger partial charge on any atom is -0.493 e. The third-order valence-corrected chi connectivity index (χ3v) is 6.88. The average molecular weight is 545 g/mol. The molecule has 4 atom stereocenters. The number of benzene rings is 2. The standard InChI is InChI=1S/C27H29ClN2O8/c1-36-14-22(33)30(12-15-3-5-17(28)6-4-15)20-11-19(27(35)29-7-8-31)23-18-9-16(13-32)10-21(37-2)25(18)38-26(23)24(20)34/h3-6,9-11,13,20,23-24,26,31,34H,7-8,12,14H2,1-2H3,(H,29,35)/t20-,23+,24+,26+/m1/s1. The molecule has 2 aliphatic rings. The maximum absolute atomic E-state index is 13.3. The summed E-state index contributed by atoms with van der Waals surface area (Å²) >= 11 is 6.02. The Hall–Kier alpha value is -3.44. The zero-order valence-corrected chi connectivity index (χ0v) is 21.7. The van der Waals surface area contributed by atoms with E-state index in [-0.39, 0.29) is 37.6 Å². The molecule has 0 spiro atoms. The molecule has 2 amide bonds. The van der Waals surface area contributed by atoms with E-state index in [4.69, 9.17) is 25.8 Å². The second-order valence-electron chi connectivity index (χ2n) is 8.98. The van der Waals surface area contributed by atoms with E-state index < -0.39 is 36.0 Å². The molecule has 0 saturated heterocycles. The zero-order valence-electron chi connectivity index (χ0n) is 20.9. The first-order valence-electron chi connectivity index (χ1n) is 12.0. The summed E-state index contributed by atoms with van der Waals surface area (Å²) in [7, 11) is 2.82. The van der Waals surface area contributed by atoms with Crippen LogP contribution in [0.1, 0.15) is 27.4 Å². The number of rotatable bonds is 10. The number of carbonyl (C=O) groups is 3. The van der Waals surface area contributed by atoms with Crippen molar-refractivity contribution in [2.45, 2.75) is 30.7 Å². The smallest absolute Gasteiger partial charge is 0.249 e. The Balaban J connectivity index is 1.81. The highest BCUT2D eigenvalue weighted by molar-refractivity contribution is 6.30. The Kier molecular flexibility index (Phi) is 8.68. The molecule has 0 fully saturated rings. The van der Waals surface area contributed by atoms with Gasteiger partial charge in [0.15, 0.2) is 11.5 Å². The lowest BCUT2D eigenvalue weighted by Gasteiger charge is -2.40. The quantitative estimate of drug-likeness (QED) is 0.383. The number of aldehydes is 1. The molecule has 1 aliphatic carbocycles. The molecule has 10 nitrogen and oxygen atoms in total. The number of nitrogens with one attached hydrogen (secondary N) is 1. The largest absolute Gasteiger partial charge is 0.493 e. The molecule has 202 valence electrons. The summed E-state index contributed by atoms with van der Waals surface area (Å²) in [5.74, 6) is -1.07. The summed E-state index contributed by atoms with van der Waals surface area (Å²) in [6, 6.07) is 9.06. The van der Waals surface area contributed by atoms with Crippen molar-refractivity contribution in [1.82, 2.24) is 10.2 Å². The van der Waals surface area contributed by atoms with E-state index in [9.17, 15) is 24.6 Å². The van der Waals surface area contributed by atoms with Gasteiger partial charge in [0, 0.05) is 41.9 Å². The maximum atomic E-state index is 13.3. The van der Waals surface area contributed by atoms with Crippen molar-refractivity contribution in [2.24, 2.45) is 0 Å². The first kappa shape index (κ1) is 27.6. The molecule has 4 rings (SSSR count).